The fourth-order valence-corrected chi connectivity index (χ4v) is 2.78. The van der Waals surface area contributed by atoms with E-state index < -0.39 is 0 Å². The van der Waals surface area contributed by atoms with Crippen molar-refractivity contribution in [1.82, 2.24) is 14.9 Å². The Morgan fingerprint density at radius 2 is 2.27 bits per heavy atom. The molecule has 0 spiro atoms. The number of H-pyrrole nitrogens is 1. The lowest BCUT2D eigenvalue weighted by Crippen LogP contribution is -2.36. The van der Waals surface area contributed by atoms with Crippen LogP contribution in [-0.4, -0.2) is 39.8 Å². The van der Waals surface area contributed by atoms with Crippen LogP contribution in [0.3, 0.4) is 0 Å². The molecule has 0 bridgehead atoms. The van der Waals surface area contributed by atoms with Gasteiger partial charge in [-0.3, -0.25) is 9.59 Å². The Bertz CT molecular complexity index is 768. The fraction of sp³-hybridized carbons (Fsp3) is 0.267. The molecular weight excluding hydrogens is 284 g/mol. The van der Waals surface area contributed by atoms with E-state index in [0.717, 1.165) is 17.8 Å². The van der Waals surface area contributed by atoms with Crippen LogP contribution < -0.4 is 10.1 Å². The molecule has 2 aliphatic heterocycles. The summed E-state index contributed by atoms with van der Waals surface area (Å²) in [5, 5.41) is 2.72. The molecule has 0 aliphatic carbocycles. The highest BCUT2D eigenvalue weighted by Crippen LogP contribution is 2.29. The number of fused-ring (bicyclic) bond motifs is 2. The van der Waals surface area contributed by atoms with E-state index in [9.17, 15) is 9.59 Å². The number of carbonyl (C=O) groups excluding carboxylic acids is 2. The molecule has 7 nitrogen and oxygen atoms in total. The van der Waals surface area contributed by atoms with Crippen molar-refractivity contribution in [3.8, 4) is 5.75 Å². The van der Waals surface area contributed by atoms with Gasteiger partial charge in [-0.2, -0.15) is 0 Å². The molecule has 2 aliphatic rings. The first-order chi connectivity index (χ1) is 10.7. The van der Waals surface area contributed by atoms with Gasteiger partial charge in [-0.1, -0.05) is 0 Å². The number of aromatic nitrogens is 2. The number of carbonyl (C=O) groups is 2. The van der Waals surface area contributed by atoms with Gasteiger partial charge in [-0.25, -0.2) is 4.98 Å². The molecule has 112 valence electrons. The number of hydrogen-bond acceptors (Lipinski definition) is 4. The van der Waals surface area contributed by atoms with Gasteiger partial charge in [0.15, 0.2) is 6.61 Å². The van der Waals surface area contributed by atoms with E-state index in [4.69, 9.17) is 4.74 Å². The number of rotatable bonds is 1. The van der Waals surface area contributed by atoms with Crippen LogP contribution >= 0.6 is 0 Å². The molecule has 3 heterocycles. The minimum absolute atomic E-state index is 0.00895. The number of imidazole rings is 1. The summed E-state index contributed by atoms with van der Waals surface area (Å²) in [6, 6.07) is 5.10. The van der Waals surface area contributed by atoms with E-state index in [1.807, 2.05) is 0 Å². The molecule has 2 aromatic rings. The van der Waals surface area contributed by atoms with Crippen LogP contribution in [-0.2, 0) is 17.8 Å². The van der Waals surface area contributed by atoms with Crippen LogP contribution in [0.4, 0.5) is 5.69 Å². The molecule has 0 saturated carbocycles. The number of aromatic amines is 1. The maximum Gasteiger partial charge on any atom is 0.262 e. The maximum absolute atomic E-state index is 12.6. The van der Waals surface area contributed by atoms with Crippen molar-refractivity contribution < 1.29 is 14.3 Å². The Labute approximate surface area is 126 Å². The monoisotopic (exact) mass is 298 g/mol. The second-order valence-corrected chi connectivity index (χ2v) is 5.35. The molecule has 0 unspecified atom stereocenters. The Balaban J connectivity index is 1.58. The van der Waals surface area contributed by atoms with Gasteiger partial charge < -0.3 is 19.9 Å². The van der Waals surface area contributed by atoms with Crippen LogP contribution in [0.5, 0.6) is 5.75 Å². The van der Waals surface area contributed by atoms with Crippen LogP contribution in [0.25, 0.3) is 0 Å². The first kappa shape index (κ1) is 12.9. The van der Waals surface area contributed by atoms with Gasteiger partial charge in [-0.05, 0) is 18.2 Å². The third-order valence-corrected chi connectivity index (χ3v) is 3.92. The predicted octanol–water partition coefficient (Wildman–Crippen LogP) is 0.939. The molecule has 0 radical (unpaired) electrons. The van der Waals surface area contributed by atoms with Crippen molar-refractivity contribution in [3.05, 3.63) is 41.5 Å². The smallest absolute Gasteiger partial charge is 0.262 e. The van der Waals surface area contributed by atoms with Gasteiger partial charge in [0.2, 0.25) is 0 Å². The third-order valence-electron chi connectivity index (χ3n) is 3.92. The first-order valence-electron chi connectivity index (χ1n) is 7.08. The number of anilines is 1. The van der Waals surface area contributed by atoms with E-state index in [0.29, 0.717) is 30.1 Å². The molecule has 22 heavy (non-hydrogen) atoms. The Hall–Kier alpha value is -2.83. The summed E-state index contributed by atoms with van der Waals surface area (Å²) in [4.78, 5) is 33.1. The van der Waals surface area contributed by atoms with Crippen molar-refractivity contribution in [2.45, 2.75) is 13.0 Å². The number of benzene rings is 1. The van der Waals surface area contributed by atoms with E-state index in [2.05, 4.69) is 15.3 Å². The normalized spacial score (nSPS) is 16.4. The second kappa shape index (κ2) is 4.87. The van der Waals surface area contributed by atoms with Crippen LogP contribution in [0.2, 0.25) is 0 Å². The lowest BCUT2D eigenvalue weighted by molar-refractivity contribution is -0.118. The van der Waals surface area contributed by atoms with E-state index in [1.165, 1.54) is 0 Å². The molecule has 0 saturated heterocycles. The lowest BCUT2D eigenvalue weighted by atomic mass is 10.1. The minimum Gasteiger partial charge on any atom is -0.482 e. The summed E-state index contributed by atoms with van der Waals surface area (Å²) < 4.78 is 5.30. The molecule has 7 heteroatoms. The summed E-state index contributed by atoms with van der Waals surface area (Å²) >= 11 is 0. The fourth-order valence-electron chi connectivity index (χ4n) is 2.78. The highest BCUT2D eigenvalue weighted by Gasteiger charge is 2.25. The zero-order valence-electron chi connectivity index (χ0n) is 11.8. The van der Waals surface area contributed by atoms with Crippen LogP contribution in [0.15, 0.2) is 24.5 Å². The predicted molar refractivity (Wildman–Crippen MR) is 77.6 cm³/mol. The number of hydrogen-bond donors (Lipinski definition) is 2. The number of ether oxygens (including phenoxy) is 1. The quantitative estimate of drug-likeness (QED) is 0.820. The molecule has 2 amide bonds. The standard InChI is InChI=1S/C15H14N4O3/c20-14-7-22-13-2-1-9(5-11(13)18-14)15(21)19-4-3-10-12(6-19)17-8-16-10/h1-2,5,8H,3-4,6-7H2,(H,16,17)(H,18,20). The number of nitrogens with zero attached hydrogens (tertiary/aromatic N) is 2. The molecular formula is C15H14N4O3. The molecule has 0 atom stereocenters. The molecule has 1 aromatic heterocycles. The van der Waals surface area contributed by atoms with Crippen LogP contribution in [0, 0.1) is 0 Å². The van der Waals surface area contributed by atoms with Crippen molar-refractivity contribution in [2.75, 3.05) is 18.5 Å². The van der Waals surface area contributed by atoms with Gasteiger partial charge in [0.05, 0.1) is 29.9 Å². The second-order valence-electron chi connectivity index (χ2n) is 5.35. The summed E-state index contributed by atoms with van der Waals surface area (Å²) in [6.45, 7) is 1.17. The minimum atomic E-state index is -0.211. The number of amides is 2. The Kier molecular flexibility index (Phi) is 2.85. The molecule has 2 N–H and O–H groups in total. The topological polar surface area (TPSA) is 87.3 Å². The largest absolute Gasteiger partial charge is 0.482 e. The van der Waals surface area contributed by atoms with E-state index in [-0.39, 0.29) is 18.4 Å². The average Bonchev–Trinajstić information content (AvgIpc) is 3.01. The zero-order valence-corrected chi connectivity index (χ0v) is 11.8. The molecule has 4 rings (SSSR count). The zero-order chi connectivity index (χ0) is 15.1. The molecule has 0 fully saturated rings. The van der Waals surface area contributed by atoms with Gasteiger partial charge in [-0.15, -0.1) is 0 Å². The maximum atomic E-state index is 12.6. The van der Waals surface area contributed by atoms with Gasteiger partial charge >= 0.3 is 0 Å². The average molecular weight is 298 g/mol. The summed E-state index contributed by atoms with van der Waals surface area (Å²) in [5.74, 6) is 0.311. The van der Waals surface area contributed by atoms with Crippen molar-refractivity contribution in [1.29, 1.82) is 0 Å². The summed E-state index contributed by atoms with van der Waals surface area (Å²) in [5.41, 5.74) is 3.08. The van der Waals surface area contributed by atoms with Crippen molar-refractivity contribution in [2.24, 2.45) is 0 Å². The van der Waals surface area contributed by atoms with E-state index >= 15 is 0 Å². The highest BCUT2D eigenvalue weighted by atomic mass is 16.5. The SMILES string of the molecule is O=C1COc2ccc(C(=O)N3CCc4nc[nH]c4C3)cc2N1. The highest BCUT2D eigenvalue weighted by molar-refractivity contribution is 5.99. The molecule has 1 aromatic carbocycles. The lowest BCUT2D eigenvalue weighted by Gasteiger charge is -2.27. The Morgan fingerprint density at radius 3 is 3.18 bits per heavy atom. The van der Waals surface area contributed by atoms with Gasteiger partial charge in [0, 0.05) is 18.5 Å². The van der Waals surface area contributed by atoms with Gasteiger partial charge in [0.25, 0.3) is 11.8 Å². The van der Waals surface area contributed by atoms with Crippen molar-refractivity contribution in [3.63, 3.8) is 0 Å². The first-order valence-corrected chi connectivity index (χ1v) is 7.08. The third kappa shape index (κ3) is 2.11. The summed E-state index contributed by atoms with van der Waals surface area (Å²) in [6.07, 6.45) is 2.40. The Morgan fingerprint density at radius 1 is 1.36 bits per heavy atom. The van der Waals surface area contributed by atoms with Crippen LogP contribution in [0.1, 0.15) is 21.7 Å². The number of nitrogens with one attached hydrogen (secondary N) is 2. The summed E-state index contributed by atoms with van der Waals surface area (Å²) in [7, 11) is 0. The van der Waals surface area contributed by atoms with Gasteiger partial charge in [0.1, 0.15) is 5.75 Å². The van der Waals surface area contributed by atoms with E-state index in [1.54, 1.807) is 29.4 Å². The van der Waals surface area contributed by atoms with Crippen molar-refractivity contribution >= 4 is 17.5 Å².